The molecule has 0 unspecified atom stereocenters. The van der Waals surface area contributed by atoms with Crippen LogP contribution in [0.25, 0.3) is 16.9 Å². The lowest BCUT2D eigenvalue weighted by Gasteiger charge is -2.15. The van der Waals surface area contributed by atoms with Crippen LogP contribution in [-0.4, -0.2) is 55.6 Å². The summed E-state index contributed by atoms with van der Waals surface area (Å²) in [6.07, 6.45) is 4.63. The number of likely N-dealkylation sites (tertiary alicyclic amines) is 1. The van der Waals surface area contributed by atoms with Crippen LogP contribution in [0.4, 0.5) is 0 Å². The maximum absolute atomic E-state index is 13.1. The summed E-state index contributed by atoms with van der Waals surface area (Å²) in [5.41, 5.74) is 5.19. The molecule has 0 bridgehead atoms. The van der Waals surface area contributed by atoms with E-state index in [1.165, 1.54) is 0 Å². The van der Waals surface area contributed by atoms with Gasteiger partial charge in [0.15, 0.2) is 5.69 Å². The summed E-state index contributed by atoms with van der Waals surface area (Å²) in [6.45, 7) is 4.12. The van der Waals surface area contributed by atoms with Gasteiger partial charge in [-0.2, -0.15) is 0 Å². The number of imidazole rings is 1. The van der Waals surface area contributed by atoms with Gasteiger partial charge in [0.05, 0.1) is 36.4 Å². The van der Waals surface area contributed by atoms with Gasteiger partial charge in [-0.3, -0.25) is 9.36 Å². The fourth-order valence-corrected chi connectivity index (χ4v) is 4.16. The summed E-state index contributed by atoms with van der Waals surface area (Å²) in [7, 11) is 1.66. The van der Waals surface area contributed by atoms with Crippen molar-refractivity contribution in [1.82, 2.24) is 29.4 Å². The number of carbonyl (C=O) groups is 1. The average molecular weight is 378 g/mol. The highest BCUT2D eigenvalue weighted by Crippen LogP contribution is 2.36. The minimum absolute atomic E-state index is 0.000548. The van der Waals surface area contributed by atoms with Gasteiger partial charge in [0.25, 0.3) is 5.91 Å². The third-order valence-electron chi connectivity index (χ3n) is 5.62. The molecule has 28 heavy (non-hydrogen) atoms. The zero-order valence-electron chi connectivity index (χ0n) is 16.1. The fourth-order valence-electron chi connectivity index (χ4n) is 4.16. The Hall–Kier alpha value is -3.16. The van der Waals surface area contributed by atoms with Gasteiger partial charge in [0, 0.05) is 18.7 Å². The van der Waals surface area contributed by atoms with Gasteiger partial charge in [0.1, 0.15) is 12.1 Å². The van der Waals surface area contributed by atoms with E-state index in [1.807, 2.05) is 32.3 Å². The summed E-state index contributed by atoms with van der Waals surface area (Å²) in [5.74, 6) is 0.770. The highest BCUT2D eigenvalue weighted by atomic mass is 16.5. The summed E-state index contributed by atoms with van der Waals surface area (Å²) < 4.78 is 9.33. The van der Waals surface area contributed by atoms with E-state index in [2.05, 4.69) is 22.2 Å². The number of benzene rings is 1. The summed E-state index contributed by atoms with van der Waals surface area (Å²) in [6, 6.07) is 5.93. The SMILES string of the molecule is CCc1nnn2c1-c1cc(OC)ccc1-n1cnc(C(=O)N3CCCC3)c1C2. The van der Waals surface area contributed by atoms with E-state index in [0.29, 0.717) is 12.2 Å². The van der Waals surface area contributed by atoms with Crippen molar-refractivity contribution in [2.75, 3.05) is 20.2 Å². The predicted octanol–water partition coefficient (Wildman–Crippen LogP) is 2.30. The molecule has 8 heteroatoms. The molecular weight excluding hydrogens is 356 g/mol. The van der Waals surface area contributed by atoms with Gasteiger partial charge in [0.2, 0.25) is 0 Å². The van der Waals surface area contributed by atoms with E-state index in [0.717, 1.165) is 66.4 Å². The van der Waals surface area contributed by atoms with E-state index >= 15 is 0 Å². The number of carbonyl (C=O) groups excluding carboxylic acids is 1. The first-order valence-corrected chi connectivity index (χ1v) is 9.68. The van der Waals surface area contributed by atoms with Crippen molar-refractivity contribution in [3.63, 3.8) is 0 Å². The van der Waals surface area contributed by atoms with Crippen LogP contribution in [0.15, 0.2) is 24.5 Å². The Balaban J connectivity index is 1.71. The highest BCUT2D eigenvalue weighted by molar-refractivity contribution is 5.94. The minimum atomic E-state index is 0.000548. The number of methoxy groups -OCH3 is 1. The van der Waals surface area contributed by atoms with Crippen LogP contribution in [-0.2, 0) is 13.0 Å². The molecule has 8 nitrogen and oxygen atoms in total. The first-order valence-electron chi connectivity index (χ1n) is 9.68. The van der Waals surface area contributed by atoms with Gasteiger partial charge >= 0.3 is 0 Å². The molecule has 1 saturated heterocycles. The maximum atomic E-state index is 13.1. The standard InChI is InChI=1S/C20H22N6O2/c1-3-15-19-14-10-13(28-2)6-7-16(14)25-12-21-18(17(25)11-26(19)23-22-15)20(27)24-8-4-5-9-24/h6-7,10,12H,3-5,8-9,11H2,1-2H3. The molecule has 1 fully saturated rings. The lowest BCUT2D eigenvalue weighted by molar-refractivity contribution is 0.0786. The van der Waals surface area contributed by atoms with Gasteiger partial charge in [-0.25, -0.2) is 9.67 Å². The Morgan fingerprint density at radius 1 is 1.25 bits per heavy atom. The van der Waals surface area contributed by atoms with Crippen molar-refractivity contribution >= 4 is 5.91 Å². The number of nitrogens with zero attached hydrogens (tertiary/aromatic N) is 6. The Labute approximate surface area is 162 Å². The molecule has 0 atom stereocenters. The number of fused-ring (bicyclic) bond motifs is 5. The molecular formula is C20H22N6O2. The number of rotatable bonds is 3. The minimum Gasteiger partial charge on any atom is -0.497 e. The van der Waals surface area contributed by atoms with Gasteiger partial charge in [-0.05, 0) is 37.5 Å². The third kappa shape index (κ3) is 2.44. The molecule has 0 N–H and O–H groups in total. The number of hydrogen-bond acceptors (Lipinski definition) is 5. The van der Waals surface area contributed by atoms with E-state index in [1.54, 1.807) is 13.4 Å². The Morgan fingerprint density at radius 2 is 2.07 bits per heavy atom. The second kappa shape index (κ2) is 6.47. The molecule has 0 spiro atoms. The Morgan fingerprint density at radius 3 is 2.82 bits per heavy atom. The fraction of sp³-hybridized carbons (Fsp3) is 0.400. The summed E-state index contributed by atoms with van der Waals surface area (Å²) in [4.78, 5) is 19.5. The Kier molecular flexibility index (Phi) is 3.92. The van der Waals surface area contributed by atoms with Crippen LogP contribution in [0, 0.1) is 0 Å². The van der Waals surface area contributed by atoms with E-state index < -0.39 is 0 Å². The normalized spacial score (nSPS) is 15.0. The summed E-state index contributed by atoms with van der Waals surface area (Å²) >= 11 is 0. The molecule has 0 saturated carbocycles. The first kappa shape index (κ1) is 17.0. The molecule has 0 aliphatic carbocycles. The predicted molar refractivity (Wildman–Crippen MR) is 103 cm³/mol. The number of amides is 1. The van der Waals surface area contributed by atoms with Crippen LogP contribution >= 0.6 is 0 Å². The third-order valence-corrected chi connectivity index (χ3v) is 5.62. The zero-order valence-corrected chi connectivity index (χ0v) is 16.1. The monoisotopic (exact) mass is 378 g/mol. The van der Waals surface area contributed by atoms with Crippen LogP contribution in [0.3, 0.4) is 0 Å². The van der Waals surface area contributed by atoms with Gasteiger partial charge in [-0.1, -0.05) is 12.1 Å². The molecule has 0 radical (unpaired) electrons. The van der Waals surface area contributed by atoms with E-state index in [4.69, 9.17) is 4.74 Å². The maximum Gasteiger partial charge on any atom is 0.274 e. The second-order valence-electron chi connectivity index (χ2n) is 7.19. The van der Waals surface area contributed by atoms with Gasteiger partial charge < -0.3 is 9.64 Å². The molecule has 1 aromatic carbocycles. The smallest absolute Gasteiger partial charge is 0.274 e. The number of ether oxygens (including phenoxy) is 1. The van der Waals surface area contributed by atoms with Crippen molar-refractivity contribution in [2.45, 2.75) is 32.7 Å². The molecule has 2 aromatic heterocycles. The molecule has 5 rings (SSSR count). The van der Waals surface area contributed by atoms with Crippen LogP contribution in [0.5, 0.6) is 5.75 Å². The van der Waals surface area contributed by atoms with E-state index in [9.17, 15) is 4.79 Å². The largest absolute Gasteiger partial charge is 0.497 e. The van der Waals surface area contributed by atoms with Crippen molar-refractivity contribution in [2.24, 2.45) is 0 Å². The molecule has 2 aliphatic heterocycles. The number of aryl methyl sites for hydroxylation is 1. The molecule has 144 valence electrons. The summed E-state index contributed by atoms with van der Waals surface area (Å²) in [5, 5.41) is 8.75. The Bertz CT molecular complexity index is 1060. The van der Waals surface area contributed by atoms with Crippen molar-refractivity contribution in [3.05, 3.63) is 41.6 Å². The van der Waals surface area contributed by atoms with E-state index in [-0.39, 0.29) is 5.91 Å². The molecule has 1 amide bonds. The average Bonchev–Trinajstić information content (AvgIpc) is 3.46. The van der Waals surface area contributed by atoms with Gasteiger partial charge in [-0.15, -0.1) is 5.10 Å². The zero-order chi connectivity index (χ0) is 19.3. The van der Waals surface area contributed by atoms with Crippen molar-refractivity contribution in [3.8, 4) is 22.7 Å². The highest BCUT2D eigenvalue weighted by Gasteiger charge is 2.30. The molecule has 2 aliphatic rings. The number of hydrogen-bond donors (Lipinski definition) is 0. The van der Waals surface area contributed by atoms with Crippen LogP contribution in [0.1, 0.15) is 41.6 Å². The first-order chi connectivity index (χ1) is 13.7. The number of aromatic nitrogens is 5. The quantitative estimate of drug-likeness (QED) is 0.547. The molecule has 3 aromatic rings. The van der Waals surface area contributed by atoms with Crippen LogP contribution in [0.2, 0.25) is 0 Å². The topological polar surface area (TPSA) is 78.1 Å². The second-order valence-corrected chi connectivity index (χ2v) is 7.19. The lowest BCUT2D eigenvalue weighted by Crippen LogP contribution is -2.29. The molecule has 4 heterocycles. The van der Waals surface area contributed by atoms with Crippen molar-refractivity contribution in [1.29, 1.82) is 0 Å². The van der Waals surface area contributed by atoms with Crippen molar-refractivity contribution < 1.29 is 9.53 Å². The lowest BCUT2D eigenvalue weighted by atomic mass is 10.1. The van der Waals surface area contributed by atoms with Crippen LogP contribution < -0.4 is 4.74 Å².